The molecule has 3 heteroatoms. The molecule has 1 aromatic carbocycles. The van der Waals surface area contributed by atoms with Gasteiger partial charge >= 0.3 is 5.65 Å². The molecule has 0 fully saturated rings. The van der Waals surface area contributed by atoms with E-state index in [9.17, 15) is 0 Å². The number of benzene rings is 1. The molecule has 3 aromatic rings. The second-order valence-electron chi connectivity index (χ2n) is 4.99. The summed E-state index contributed by atoms with van der Waals surface area (Å²) in [5.41, 5.74) is 5.59. The lowest BCUT2D eigenvalue weighted by Crippen LogP contribution is -2.38. The molecular formula is C17H18N3+. The van der Waals surface area contributed by atoms with Gasteiger partial charge in [0.1, 0.15) is 23.6 Å². The van der Waals surface area contributed by atoms with Gasteiger partial charge in [0.05, 0.1) is 6.07 Å². The summed E-state index contributed by atoms with van der Waals surface area (Å²) in [6, 6.07) is 14.6. The SMILES string of the molecule is C=CC[n+]1c(C)cc(C)n2nc(-c3ccccc3)cc21. The summed E-state index contributed by atoms with van der Waals surface area (Å²) in [5.74, 6) is 0. The van der Waals surface area contributed by atoms with Crippen LogP contribution in [0.15, 0.2) is 55.1 Å². The molecule has 2 aromatic heterocycles. The van der Waals surface area contributed by atoms with Crippen LogP contribution >= 0.6 is 0 Å². The fourth-order valence-corrected chi connectivity index (χ4v) is 2.56. The summed E-state index contributed by atoms with van der Waals surface area (Å²) in [4.78, 5) is 0. The van der Waals surface area contributed by atoms with Gasteiger partial charge < -0.3 is 0 Å². The van der Waals surface area contributed by atoms with Crippen molar-refractivity contribution in [3.8, 4) is 11.3 Å². The van der Waals surface area contributed by atoms with Gasteiger partial charge in [-0.2, -0.15) is 0 Å². The summed E-state index contributed by atoms with van der Waals surface area (Å²) in [6.45, 7) is 8.83. The minimum atomic E-state index is 0.787. The molecule has 3 rings (SSSR count). The molecule has 0 atom stereocenters. The Morgan fingerprint density at radius 3 is 2.65 bits per heavy atom. The van der Waals surface area contributed by atoms with Gasteiger partial charge in [-0.3, -0.25) is 0 Å². The van der Waals surface area contributed by atoms with E-state index in [1.165, 1.54) is 5.69 Å². The van der Waals surface area contributed by atoms with Gasteiger partial charge in [-0.25, -0.2) is 4.57 Å². The molecule has 0 aliphatic heterocycles. The van der Waals surface area contributed by atoms with Crippen molar-refractivity contribution in [2.75, 3.05) is 0 Å². The number of rotatable bonds is 3. The molecule has 0 aliphatic rings. The van der Waals surface area contributed by atoms with Crippen molar-refractivity contribution in [3.05, 3.63) is 66.5 Å². The Bertz CT molecular complexity index is 770. The summed E-state index contributed by atoms with van der Waals surface area (Å²) in [5, 5.41) is 4.73. The zero-order chi connectivity index (χ0) is 14.1. The largest absolute Gasteiger partial charge is 0.309 e. The van der Waals surface area contributed by atoms with E-state index in [4.69, 9.17) is 5.10 Å². The van der Waals surface area contributed by atoms with Crippen LogP contribution in [0, 0.1) is 13.8 Å². The summed E-state index contributed by atoms with van der Waals surface area (Å²) >= 11 is 0. The Labute approximate surface area is 118 Å². The number of fused-ring (bicyclic) bond motifs is 1. The zero-order valence-electron chi connectivity index (χ0n) is 11.9. The first-order valence-corrected chi connectivity index (χ1v) is 6.77. The molecule has 0 N–H and O–H groups in total. The van der Waals surface area contributed by atoms with E-state index in [2.05, 4.69) is 49.3 Å². The molecule has 20 heavy (non-hydrogen) atoms. The van der Waals surface area contributed by atoms with Crippen molar-refractivity contribution in [1.82, 2.24) is 9.61 Å². The summed E-state index contributed by atoms with van der Waals surface area (Å²) in [6.07, 6.45) is 1.91. The highest BCUT2D eigenvalue weighted by Crippen LogP contribution is 2.19. The maximum atomic E-state index is 4.73. The Morgan fingerprint density at radius 1 is 1.20 bits per heavy atom. The average molecular weight is 264 g/mol. The van der Waals surface area contributed by atoms with Crippen LogP contribution in [0.1, 0.15) is 11.4 Å². The first-order valence-electron chi connectivity index (χ1n) is 6.77. The van der Waals surface area contributed by atoms with E-state index in [-0.39, 0.29) is 0 Å². The van der Waals surface area contributed by atoms with Crippen LogP contribution in [-0.2, 0) is 6.54 Å². The van der Waals surface area contributed by atoms with Crippen molar-refractivity contribution in [1.29, 1.82) is 0 Å². The number of aromatic nitrogens is 3. The smallest absolute Gasteiger partial charge is 0.226 e. The van der Waals surface area contributed by atoms with E-state index < -0.39 is 0 Å². The average Bonchev–Trinajstić information content (AvgIpc) is 2.90. The number of hydrogen-bond donors (Lipinski definition) is 0. The van der Waals surface area contributed by atoms with E-state index in [0.717, 1.165) is 29.1 Å². The third kappa shape index (κ3) is 2.01. The fraction of sp³-hybridized carbons (Fsp3) is 0.176. The molecule has 0 radical (unpaired) electrons. The molecule has 0 unspecified atom stereocenters. The lowest BCUT2D eigenvalue weighted by molar-refractivity contribution is -0.670. The van der Waals surface area contributed by atoms with Crippen molar-refractivity contribution in [2.24, 2.45) is 0 Å². The van der Waals surface area contributed by atoms with Crippen LogP contribution in [0.25, 0.3) is 16.9 Å². The molecule has 0 amide bonds. The Balaban J connectivity index is 2.27. The fourth-order valence-electron chi connectivity index (χ4n) is 2.56. The van der Waals surface area contributed by atoms with Crippen LogP contribution in [0.2, 0.25) is 0 Å². The standard InChI is InChI=1S/C17H18N3/c1-4-10-19-13(2)11-14(3)20-17(19)12-16(18-20)15-8-6-5-7-9-15/h4-9,11-12H,1,10H2,2-3H3/q+1. The third-order valence-corrected chi connectivity index (χ3v) is 3.53. The topological polar surface area (TPSA) is 21.2 Å². The van der Waals surface area contributed by atoms with E-state index in [0.29, 0.717) is 0 Å². The van der Waals surface area contributed by atoms with Gasteiger partial charge in [0.15, 0.2) is 0 Å². The molecule has 100 valence electrons. The first-order chi connectivity index (χ1) is 9.70. The van der Waals surface area contributed by atoms with Crippen LogP contribution in [-0.4, -0.2) is 9.61 Å². The lowest BCUT2D eigenvalue weighted by Gasteiger charge is -2.03. The minimum Gasteiger partial charge on any atom is -0.226 e. The monoisotopic (exact) mass is 264 g/mol. The number of allylic oxidation sites excluding steroid dienone is 1. The van der Waals surface area contributed by atoms with Crippen molar-refractivity contribution < 1.29 is 4.57 Å². The van der Waals surface area contributed by atoms with Gasteiger partial charge in [-0.1, -0.05) is 48.1 Å². The normalized spacial score (nSPS) is 10.9. The Kier molecular flexibility index (Phi) is 3.11. The molecular weight excluding hydrogens is 246 g/mol. The van der Waals surface area contributed by atoms with E-state index in [1.54, 1.807) is 0 Å². The summed E-state index contributed by atoms with van der Waals surface area (Å²) in [7, 11) is 0. The second-order valence-corrected chi connectivity index (χ2v) is 4.99. The molecule has 0 spiro atoms. The molecule has 0 saturated carbocycles. The number of nitrogens with zero attached hydrogens (tertiary/aromatic N) is 3. The highest BCUT2D eigenvalue weighted by molar-refractivity contribution is 5.62. The quantitative estimate of drug-likeness (QED) is 0.526. The van der Waals surface area contributed by atoms with Gasteiger partial charge in [0, 0.05) is 18.6 Å². The predicted octanol–water partition coefficient (Wildman–Crippen LogP) is 3.09. The van der Waals surface area contributed by atoms with Gasteiger partial charge in [0.25, 0.3) is 0 Å². The molecule has 0 saturated heterocycles. The maximum absolute atomic E-state index is 4.73. The van der Waals surface area contributed by atoms with Gasteiger partial charge in [-0.05, 0) is 6.92 Å². The molecule has 2 heterocycles. The Hall–Kier alpha value is -2.42. The lowest BCUT2D eigenvalue weighted by atomic mass is 10.2. The number of aryl methyl sites for hydroxylation is 2. The zero-order valence-corrected chi connectivity index (χ0v) is 11.9. The van der Waals surface area contributed by atoms with Crippen LogP contribution < -0.4 is 4.57 Å². The molecule has 0 aliphatic carbocycles. The Morgan fingerprint density at radius 2 is 1.95 bits per heavy atom. The van der Waals surface area contributed by atoms with E-state index >= 15 is 0 Å². The molecule has 0 bridgehead atoms. The first kappa shape index (κ1) is 12.6. The van der Waals surface area contributed by atoms with Gasteiger partial charge in [-0.15, -0.1) is 4.52 Å². The third-order valence-electron chi connectivity index (χ3n) is 3.53. The number of hydrogen-bond acceptors (Lipinski definition) is 1. The van der Waals surface area contributed by atoms with Crippen molar-refractivity contribution >= 4 is 5.65 Å². The summed E-state index contributed by atoms with van der Waals surface area (Å²) < 4.78 is 4.22. The maximum Gasteiger partial charge on any atom is 0.309 e. The highest BCUT2D eigenvalue weighted by Gasteiger charge is 2.18. The highest BCUT2D eigenvalue weighted by atomic mass is 15.3. The van der Waals surface area contributed by atoms with Crippen molar-refractivity contribution in [2.45, 2.75) is 20.4 Å². The van der Waals surface area contributed by atoms with Crippen LogP contribution in [0.5, 0.6) is 0 Å². The van der Waals surface area contributed by atoms with Crippen LogP contribution in [0.4, 0.5) is 0 Å². The van der Waals surface area contributed by atoms with Crippen molar-refractivity contribution in [3.63, 3.8) is 0 Å². The molecule has 3 nitrogen and oxygen atoms in total. The van der Waals surface area contributed by atoms with E-state index in [1.807, 2.05) is 28.8 Å². The van der Waals surface area contributed by atoms with Crippen LogP contribution in [0.3, 0.4) is 0 Å². The predicted molar refractivity (Wildman–Crippen MR) is 80.5 cm³/mol. The second kappa shape index (κ2) is 4.93. The van der Waals surface area contributed by atoms with Gasteiger partial charge in [0.2, 0.25) is 0 Å². The minimum absolute atomic E-state index is 0.787.